The van der Waals surface area contributed by atoms with Crippen molar-refractivity contribution in [3.63, 3.8) is 0 Å². The molecule has 3 N–H and O–H groups in total. The van der Waals surface area contributed by atoms with Gasteiger partial charge in [-0.25, -0.2) is 13.4 Å². The molecule has 1 unspecified atom stereocenters. The molecule has 0 saturated heterocycles. The third-order valence-electron chi connectivity index (χ3n) is 5.50. The molecule has 1 atom stereocenters. The largest absolute Gasteiger partial charge is 0.354 e. The van der Waals surface area contributed by atoms with Crippen LogP contribution in [-0.4, -0.2) is 48.6 Å². The Balaban J connectivity index is 1.70. The molecule has 0 aromatic carbocycles. The van der Waals surface area contributed by atoms with Gasteiger partial charge in [-0.15, -0.1) is 10.2 Å². The van der Waals surface area contributed by atoms with E-state index in [9.17, 15) is 18.0 Å². The van der Waals surface area contributed by atoms with Gasteiger partial charge >= 0.3 is 0 Å². The molecule has 2 aromatic heterocycles. The Labute approximate surface area is 178 Å². The van der Waals surface area contributed by atoms with Crippen LogP contribution in [0.15, 0.2) is 23.2 Å². The van der Waals surface area contributed by atoms with E-state index in [0.29, 0.717) is 5.56 Å². The van der Waals surface area contributed by atoms with Crippen molar-refractivity contribution in [2.45, 2.75) is 31.1 Å². The molecule has 0 radical (unpaired) electrons. The molecule has 11 heteroatoms. The van der Waals surface area contributed by atoms with Crippen LogP contribution >= 0.6 is 0 Å². The Morgan fingerprint density at radius 1 is 1.30 bits per heavy atom. The fraction of sp³-hybridized carbons (Fsp3) is 0.421. The van der Waals surface area contributed by atoms with E-state index < -0.39 is 28.4 Å². The van der Waals surface area contributed by atoms with Gasteiger partial charge in [0, 0.05) is 35.5 Å². The second-order valence-electron chi connectivity index (χ2n) is 7.76. The molecular weight excluding hydrogens is 408 g/mol. The lowest BCUT2D eigenvalue weighted by atomic mass is 10.2. The molecule has 2 aromatic rings. The maximum absolute atomic E-state index is 12.5. The van der Waals surface area contributed by atoms with Crippen molar-refractivity contribution in [1.82, 2.24) is 20.5 Å². The van der Waals surface area contributed by atoms with Crippen molar-refractivity contribution in [1.29, 1.82) is 0 Å². The summed E-state index contributed by atoms with van der Waals surface area (Å²) in [5, 5.41) is 14.9. The van der Waals surface area contributed by atoms with Crippen molar-refractivity contribution in [3.05, 3.63) is 29.6 Å². The maximum atomic E-state index is 12.5. The third-order valence-corrected chi connectivity index (χ3v) is 6.75. The molecule has 10 nitrogen and oxygen atoms in total. The minimum absolute atomic E-state index is 0.0317. The van der Waals surface area contributed by atoms with Gasteiger partial charge in [-0.05, 0) is 43.2 Å². The molecule has 2 heterocycles. The minimum atomic E-state index is -3.71. The highest BCUT2D eigenvalue weighted by atomic mass is 32.2. The number of pyridine rings is 1. The highest BCUT2D eigenvalue weighted by Gasteiger charge is 2.65. The van der Waals surface area contributed by atoms with E-state index >= 15 is 0 Å². The third kappa shape index (κ3) is 3.72. The predicted octanol–water partition coefficient (Wildman–Crippen LogP) is 1.43. The number of sulfone groups is 1. The highest BCUT2D eigenvalue weighted by molar-refractivity contribution is 7.91. The monoisotopic (exact) mass is 433 g/mol. The fourth-order valence-corrected chi connectivity index (χ4v) is 4.76. The smallest absolute Gasteiger partial charge is 0.273 e. The Morgan fingerprint density at radius 3 is 2.70 bits per heavy atom. The van der Waals surface area contributed by atoms with Gasteiger partial charge in [0.2, 0.25) is 5.91 Å². The fourth-order valence-electron chi connectivity index (χ4n) is 3.65. The zero-order valence-corrected chi connectivity index (χ0v) is 17.1. The lowest BCUT2D eigenvalue weighted by Crippen LogP contribution is -2.23. The number of hydrogen-bond donors (Lipinski definition) is 3. The Kier molecular flexibility index (Phi) is 3.90. The molecular formula is C19H22N6O4S. The van der Waals surface area contributed by atoms with E-state index in [4.69, 9.17) is 4.11 Å². The number of carbonyl (C=O) groups excluding carboxylic acids is 2. The van der Waals surface area contributed by atoms with Crippen molar-refractivity contribution in [2.24, 2.45) is 11.3 Å². The summed E-state index contributed by atoms with van der Waals surface area (Å²) in [6, 6.07) is 2.81. The van der Waals surface area contributed by atoms with E-state index in [2.05, 4.69) is 25.8 Å². The average molecular weight is 434 g/mol. The van der Waals surface area contributed by atoms with Gasteiger partial charge < -0.3 is 16.0 Å². The van der Waals surface area contributed by atoms with Crippen LogP contribution in [0.3, 0.4) is 0 Å². The summed E-state index contributed by atoms with van der Waals surface area (Å²) < 4.78 is 46.4. The minimum Gasteiger partial charge on any atom is -0.354 e. The zero-order chi connectivity index (χ0) is 24.2. The lowest BCUT2D eigenvalue weighted by molar-refractivity contribution is -0.117. The summed E-state index contributed by atoms with van der Waals surface area (Å²) in [6.07, 6.45) is 5.26. The number of carbonyl (C=O) groups is 2. The SMILES string of the molecule is [2H]C([2H])([2H])NC(=O)c1nnc(NC(=O)C2CC23CC3)cc1Nc1nccc(C)c1S(C)(=O)=O. The van der Waals surface area contributed by atoms with E-state index in [1.165, 1.54) is 18.3 Å². The van der Waals surface area contributed by atoms with E-state index in [1.807, 2.05) is 5.32 Å². The topological polar surface area (TPSA) is 143 Å². The second kappa shape index (κ2) is 7.01. The van der Waals surface area contributed by atoms with E-state index in [0.717, 1.165) is 25.5 Å². The highest BCUT2D eigenvalue weighted by Crippen LogP contribution is 2.70. The van der Waals surface area contributed by atoms with E-state index in [1.54, 1.807) is 6.92 Å². The lowest BCUT2D eigenvalue weighted by Gasteiger charge is -2.14. The number of aromatic nitrogens is 3. The molecule has 158 valence electrons. The first kappa shape index (κ1) is 16.7. The molecule has 0 aliphatic heterocycles. The first-order chi connectivity index (χ1) is 15.3. The molecule has 1 spiro atoms. The Morgan fingerprint density at radius 2 is 2.07 bits per heavy atom. The average Bonchev–Trinajstić information content (AvgIpc) is 3.58. The van der Waals surface area contributed by atoms with E-state index in [-0.39, 0.29) is 39.5 Å². The van der Waals surface area contributed by atoms with Gasteiger partial charge in [0.1, 0.15) is 10.7 Å². The summed E-state index contributed by atoms with van der Waals surface area (Å²) in [5.74, 6) is -1.41. The number of amides is 2. The number of nitrogens with zero attached hydrogens (tertiary/aromatic N) is 3. The van der Waals surface area contributed by atoms with Crippen molar-refractivity contribution < 1.29 is 22.1 Å². The number of aryl methyl sites for hydroxylation is 1. The number of rotatable bonds is 6. The normalized spacial score (nSPS) is 20.5. The standard InChI is InChI=1S/C19H22N6O4S/c1-10-4-7-21-16(15(10)30(3,28)29)22-12-8-13(24-25-14(12)18(27)20-2)23-17(26)11-9-19(11)5-6-19/h4,7-8,11H,5-6,9H2,1-3H3,(H,20,27)(H2,21,22,23,24,26)/i2D3. The van der Waals surface area contributed by atoms with Crippen molar-refractivity contribution in [3.8, 4) is 0 Å². The van der Waals surface area contributed by atoms with Gasteiger partial charge in [0.05, 0.1) is 5.69 Å². The molecule has 30 heavy (non-hydrogen) atoms. The van der Waals surface area contributed by atoms with Crippen LogP contribution in [0, 0.1) is 18.3 Å². The van der Waals surface area contributed by atoms with Crippen LogP contribution in [0.4, 0.5) is 17.3 Å². The summed E-state index contributed by atoms with van der Waals surface area (Å²) in [6.45, 7) is -1.20. The van der Waals surface area contributed by atoms with Gasteiger partial charge in [-0.2, -0.15) is 0 Å². The number of anilines is 3. The van der Waals surface area contributed by atoms with Crippen LogP contribution in [0.25, 0.3) is 0 Å². The molecule has 2 aliphatic rings. The molecule has 0 bridgehead atoms. The number of hydrogen-bond acceptors (Lipinski definition) is 8. The predicted molar refractivity (Wildman–Crippen MR) is 109 cm³/mol. The van der Waals surface area contributed by atoms with Crippen molar-refractivity contribution in [2.75, 3.05) is 23.9 Å². The van der Waals surface area contributed by atoms with Crippen LogP contribution in [0.5, 0.6) is 0 Å². The Bertz CT molecular complexity index is 1260. The van der Waals surface area contributed by atoms with Crippen LogP contribution in [0.1, 0.15) is 39.4 Å². The van der Waals surface area contributed by atoms with Gasteiger partial charge in [-0.1, -0.05) is 0 Å². The molecule has 2 saturated carbocycles. The van der Waals surface area contributed by atoms with Gasteiger partial charge in [-0.3, -0.25) is 9.59 Å². The Hall–Kier alpha value is -3.08. The van der Waals surface area contributed by atoms with Gasteiger partial charge in [0.25, 0.3) is 5.91 Å². The van der Waals surface area contributed by atoms with Crippen LogP contribution in [-0.2, 0) is 14.6 Å². The summed E-state index contributed by atoms with van der Waals surface area (Å²) in [4.78, 5) is 29.0. The molecule has 2 amide bonds. The molecule has 2 fully saturated rings. The maximum Gasteiger partial charge on any atom is 0.273 e. The summed E-state index contributed by atoms with van der Waals surface area (Å²) in [7, 11) is -3.71. The molecule has 2 aliphatic carbocycles. The van der Waals surface area contributed by atoms with Crippen molar-refractivity contribution >= 4 is 39.0 Å². The quantitative estimate of drug-likeness (QED) is 0.621. The second-order valence-corrected chi connectivity index (χ2v) is 9.71. The van der Waals surface area contributed by atoms with Crippen LogP contribution in [0.2, 0.25) is 0 Å². The first-order valence-corrected chi connectivity index (χ1v) is 11.1. The first-order valence-electron chi connectivity index (χ1n) is 10.7. The van der Waals surface area contributed by atoms with Gasteiger partial charge in [0.15, 0.2) is 21.3 Å². The van der Waals surface area contributed by atoms with Crippen LogP contribution < -0.4 is 16.0 Å². The molecule has 4 rings (SSSR count). The zero-order valence-electron chi connectivity index (χ0n) is 19.3. The summed E-state index contributed by atoms with van der Waals surface area (Å²) in [5.41, 5.74) is 0.0648. The number of nitrogens with one attached hydrogen (secondary N) is 3. The summed E-state index contributed by atoms with van der Waals surface area (Å²) >= 11 is 0.